The van der Waals surface area contributed by atoms with Gasteiger partial charge >= 0.3 is 6.61 Å². The van der Waals surface area contributed by atoms with Gasteiger partial charge in [0.25, 0.3) is 0 Å². The predicted octanol–water partition coefficient (Wildman–Crippen LogP) is 2.81. The number of carbonyl (C=O) groups excluding carboxylic acids is 1. The zero-order valence-electron chi connectivity index (χ0n) is 9.54. The Hall–Kier alpha value is -1.36. The maximum atomic E-state index is 12.1. The van der Waals surface area contributed by atoms with Crippen molar-refractivity contribution < 1.29 is 18.3 Å². The zero-order chi connectivity index (χ0) is 13.1. The normalized spacial score (nSPS) is 14.6. The molecule has 0 atom stereocenters. The quantitative estimate of drug-likeness (QED) is 0.794. The van der Waals surface area contributed by atoms with Crippen LogP contribution in [-0.2, 0) is 11.2 Å². The van der Waals surface area contributed by atoms with Crippen LogP contribution in [0.4, 0.5) is 14.5 Å². The molecule has 1 aliphatic rings. The summed E-state index contributed by atoms with van der Waals surface area (Å²) in [6, 6.07) is 4.61. The van der Waals surface area contributed by atoms with Gasteiger partial charge in [-0.05, 0) is 36.6 Å². The SMILES string of the molecule is O=C(CCl)N1CCCc2cc(OC(F)F)ccc21. The maximum Gasteiger partial charge on any atom is 0.387 e. The third-order valence-electron chi connectivity index (χ3n) is 2.81. The summed E-state index contributed by atoms with van der Waals surface area (Å²) in [5.41, 5.74) is 1.56. The van der Waals surface area contributed by atoms with Gasteiger partial charge in [-0.3, -0.25) is 4.79 Å². The Labute approximate surface area is 108 Å². The van der Waals surface area contributed by atoms with E-state index in [0.29, 0.717) is 6.54 Å². The van der Waals surface area contributed by atoms with Crippen LogP contribution in [0.3, 0.4) is 0 Å². The summed E-state index contributed by atoms with van der Waals surface area (Å²) in [4.78, 5) is 13.2. The smallest absolute Gasteiger partial charge is 0.387 e. The second kappa shape index (κ2) is 5.52. The highest BCUT2D eigenvalue weighted by Gasteiger charge is 2.22. The van der Waals surface area contributed by atoms with Gasteiger partial charge in [-0.25, -0.2) is 0 Å². The number of benzene rings is 1. The van der Waals surface area contributed by atoms with E-state index in [0.717, 1.165) is 24.1 Å². The molecule has 0 saturated carbocycles. The average Bonchev–Trinajstić information content (AvgIpc) is 2.36. The lowest BCUT2D eigenvalue weighted by Crippen LogP contribution is -2.36. The first-order valence-corrected chi connectivity index (χ1v) is 6.09. The molecule has 1 aromatic rings. The molecule has 2 rings (SSSR count). The van der Waals surface area contributed by atoms with E-state index in [2.05, 4.69) is 4.74 Å². The zero-order valence-corrected chi connectivity index (χ0v) is 10.3. The molecule has 6 heteroatoms. The third kappa shape index (κ3) is 2.72. The fourth-order valence-electron chi connectivity index (χ4n) is 2.08. The number of hydrogen-bond acceptors (Lipinski definition) is 2. The van der Waals surface area contributed by atoms with E-state index in [1.807, 2.05) is 0 Å². The Balaban J connectivity index is 2.27. The highest BCUT2D eigenvalue weighted by molar-refractivity contribution is 6.29. The van der Waals surface area contributed by atoms with Crippen molar-refractivity contribution in [3.05, 3.63) is 23.8 Å². The van der Waals surface area contributed by atoms with Crippen LogP contribution < -0.4 is 9.64 Å². The van der Waals surface area contributed by atoms with E-state index in [1.54, 1.807) is 17.0 Å². The van der Waals surface area contributed by atoms with E-state index >= 15 is 0 Å². The van der Waals surface area contributed by atoms with Crippen molar-refractivity contribution in [1.82, 2.24) is 0 Å². The molecular weight excluding hydrogens is 264 g/mol. The van der Waals surface area contributed by atoms with Crippen molar-refractivity contribution in [1.29, 1.82) is 0 Å². The van der Waals surface area contributed by atoms with E-state index in [1.165, 1.54) is 6.07 Å². The average molecular weight is 276 g/mol. The van der Waals surface area contributed by atoms with Crippen LogP contribution in [0.5, 0.6) is 5.75 Å². The first-order chi connectivity index (χ1) is 8.61. The Morgan fingerprint density at radius 2 is 2.28 bits per heavy atom. The van der Waals surface area contributed by atoms with Crippen molar-refractivity contribution in [2.24, 2.45) is 0 Å². The van der Waals surface area contributed by atoms with Gasteiger partial charge in [-0.15, -0.1) is 11.6 Å². The van der Waals surface area contributed by atoms with Gasteiger partial charge in [-0.2, -0.15) is 8.78 Å². The fraction of sp³-hybridized carbons (Fsp3) is 0.417. The fourth-order valence-corrected chi connectivity index (χ4v) is 2.23. The van der Waals surface area contributed by atoms with E-state index in [9.17, 15) is 13.6 Å². The lowest BCUT2D eigenvalue weighted by atomic mass is 10.0. The van der Waals surface area contributed by atoms with Crippen LogP contribution in [0.2, 0.25) is 0 Å². The van der Waals surface area contributed by atoms with Gasteiger partial charge in [0.2, 0.25) is 5.91 Å². The standard InChI is InChI=1S/C12H12ClF2NO2/c13-7-11(17)16-5-1-2-8-6-9(18-12(14)15)3-4-10(8)16/h3-4,6,12H,1-2,5,7H2. The van der Waals surface area contributed by atoms with Gasteiger partial charge in [0.05, 0.1) is 0 Å². The summed E-state index contributed by atoms with van der Waals surface area (Å²) in [5, 5.41) is 0. The predicted molar refractivity (Wildman–Crippen MR) is 64.5 cm³/mol. The molecule has 98 valence electrons. The minimum Gasteiger partial charge on any atom is -0.435 e. The molecule has 1 amide bonds. The number of nitrogens with zero attached hydrogens (tertiary/aromatic N) is 1. The van der Waals surface area contributed by atoms with Crippen molar-refractivity contribution >= 4 is 23.2 Å². The van der Waals surface area contributed by atoms with Gasteiger partial charge in [0, 0.05) is 12.2 Å². The number of fused-ring (bicyclic) bond motifs is 1. The summed E-state index contributed by atoms with van der Waals surface area (Å²) in [6.07, 6.45) is 1.52. The molecule has 0 radical (unpaired) electrons. The molecule has 0 N–H and O–H groups in total. The van der Waals surface area contributed by atoms with Crippen LogP contribution in [0, 0.1) is 0 Å². The summed E-state index contributed by atoms with van der Waals surface area (Å²) in [7, 11) is 0. The summed E-state index contributed by atoms with van der Waals surface area (Å²) >= 11 is 5.54. The lowest BCUT2D eigenvalue weighted by Gasteiger charge is -2.29. The van der Waals surface area contributed by atoms with Crippen molar-refractivity contribution in [3.63, 3.8) is 0 Å². The molecule has 3 nitrogen and oxygen atoms in total. The maximum absolute atomic E-state index is 12.1. The highest BCUT2D eigenvalue weighted by atomic mass is 35.5. The number of amides is 1. The lowest BCUT2D eigenvalue weighted by molar-refractivity contribution is -0.116. The molecule has 1 heterocycles. The molecule has 0 aromatic heterocycles. The van der Waals surface area contributed by atoms with Crippen molar-refractivity contribution in [3.8, 4) is 5.75 Å². The molecule has 0 aliphatic carbocycles. The number of aryl methyl sites for hydroxylation is 1. The Morgan fingerprint density at radius 1 is 1.50 bits per heavy atom. The molecular formula is C12H12ClF2NO2. The number of alkyl halides is 3. The first-order valence-electron chi connectivity index (χ1n) is 5.56. The molecule has 1 aromatic carbocycles. The largest absolute Gasteiger partial charge is 0.435 e. The Morgan fingerprint density at radius 3 is 2.94 bits per heavy atom. The second-order valence-corrected chi connectivity index (χ2v) is 4.22. The molecule has 0 spiro atoms. The second-order valence-electron chi connectivity index (χ2n) is 3.95. The minimum atomic E-state index is -2.84. The summed E-state index contributed by atoms with van der Waals surface area (Å²) in [5.74, 6) is -0.154. The third-order valence-corrected chi connectivity index (χ3v) is 3.04. The van der Waals surface area contributed by atoms with Gasteiger partial charge in [0.1, 0.15) is 11.6 Å². The highest BCUT2D eigenvalue weighted by Crippen LogP contribution is 2.31. The number of anilines is 1. The van der Waals surface area contributed by atoms with E-state index < -0.39 is 6.61 Å². The summed E-state index contributed by atoms with van der Waals surface area (Å²) in [6.45, 7) is -2.24. The van der Waals surface area contributed by atoms with Gasteiger partial charge in [0.15, 0.2) is 0 Å². The van der Waals surface area contributed by atoms with Crippen LogP contribution in [0.15, 0.2) is 18.2 Å². The molecule has 0 bridgehead atoms. The van der Waals surface area contributed by atoms with E-state index in [-0.39, 0.29) is 17.5 Å². The number of carbonyl (C=O) groups is 1. The van der Waals surface area contributed by atoms with Crippen molar-refractivity contribution in [2.75, 3.05) is 17.3 Å². The number of rotatable bonds is 3. The topological polar surface area (TPSA) is 29.5 Å². The monoisotopic (exact) mass is 275 g/mol. The molecule has 0 fully saturated rings. The van der Waals surface area contributed by atoms with Gasteiger partial charge < -0.3 is 9.64 Å². The molecule has 0 saturated heterocycles. The molecule has 0 unspecified atom stereocenters. The Kier molecular flexibility index (Phi) is 4.01. The van der Waals surface area contributed by atoms with Crippen molar-refractivity contribution in [2.45, 2.75) is 19.5 Å². The van der Waals surface area contributed by atoms with Crippen LogP contribution in [0.25, 0.3) is 0 Å². The number of hydrogen-bond donors (Lipinski definition) is 0. The first kappa shape index (κ1) is 13.1. The minimum absolute atomic E-state index is 0.0886. The number of ether oxygens (including phenoxy) is 1. The van der Waals surface area contributed by atoms with Crippen LogP contribution >= 0.6 is 11.6 Å². The number of halogens is 3. The Bertz CT molecular complexity index is 454. The van der Waals surface area contributed by atoms with E-state index in [4.69, 9.17) is 11.6 Å². The summed E-state index contributed by atoms with van der Waals surface area (Å²) < 4.78 is 28.6. The van der Waals surface area contributed by atoms with Crippen LogP contribution in [0.1, 0.15) is 12.0 Å². The van der Waals surface area contributed by atoms with Crippen LogP contribution in [-0.4, -0.2) is 24.9 Å². The molecule has 1 aliphatic heterocycles. The molecule has 18 heavy (non-hydrogen) atoms. The van der Waals surface area contributed by atoms with Gasteiger partial charge in [-0.1, -0.05) is 0 Å².